The van der Waals surface area contributed by atoms with Gasteiger partial charge in [0.1, 0.15) is 5.60 Å². The lowest BCUT2D eigenvalue weighted by Gasteiger charge is -2.33. The second-order valence-electron chi connectivity index (χ2n) is 8.76. The number of hydrogen-bond acceptors (Lipinski definition) is 5. The summed E-state index contributed by atoms with van der Waals surface area (Å²) in [5.74, 6) is 0.0887. The summed E-state index contributed by atoms with van der Waals surface area (Å²) in [7, 11) is 0. The summed E-state index contributed by atoms with van der Waals surface area (Å²) >= 11 is 1.76. The third-order valence-electron chi connectivity index (χ3n) is 5.44. The molecule has 156 valence electrons. The van der Waals surface area contributed by atoms with Crippen molar-refractivity contribution in [3.8, 4) is 0 Å². The van der Waals surface area contributed by atoms with E-state index in [0.717, 1.165) is 13.1 Å². The Hall–Kier alpha value is -1.60. The Morgan fingerprint density at radius 1 is 1.21 bits per heavy atom. The third-order valence-corrected chi connectivity index (χ3v) is 6.41. The van der Waals surface area contributed by atoms with Crippen LogP contribution in [0.1, 0.15) is 57.4 Å². The highest BCUT2D eigenvalue weighted by molar-refractivity contribution is 7.10. The zero-order chi connectivity index (χ0) is 20.1. The third kappa shape index (κ3) is 5.70. The van der Waals surface area contributed by atoms with Gasteiger partial charge in [0.05, 0.1) is 6.04 Å². The van der Waals surface area contributed by atoms with Crippen LogP contribution in [0.25, 0.3) is 0 Å². The average molecular weight is 408 g/mol. The van der Waals surface area contributed by atoms with E-state index in [1.165, 1.54) is 17.7 Å². The molecule has 1 unspecified atom stereocenters. The molecule has 2 aliphatic rings. The molecule has 2 amide bonds. The van der Waals surface area contributed by atoms with Gasteiger partial charge in [-0.05, 0) is 71.0 Å². The molecular formula is C21H33N3O3S. The quantitative estimate of drug-likeness (QED) is 0.809. The first kappa shape index (κ1) is 21.1. The van der Waals surface area contributed by atoms with Crippen LogP contribution in [0.15, 0.2) is 17.5 Å². The Morgan fingerprint density at radius 3 is 2.46 bits per heavy atom. The number of carbonyl (C=O) groups excluding carboxylic acids is 2. The molecular weight excluding hydrogens is 374 g/mol. The van der Waals surface area contributed by atoms with E-state index in [-0.39, 0.29) is 24.0 Å². The molecule has 3 heterocycles. The number of ether oxygens (including phenoxy) is 1. The Balaban J connectivity index is 1.48. The van der Waals surface area contributed by atoms with E-state index in [4.69, 9.17) is 4.74 Å². The smallest absolute Gasteiger partial charge is 0.410 e. The monoisotopic (exact) mass is 407 g/mol. The number of thiophene rings is 1. The molecule has 28 heavy (non-hydrogen) atoms. The van der Waals surface area contributed by atoms with Gasteiger partial charge in [-0.2, -0.15) is 0 Å². The molecule has 1 aromatic rings. The van der Waals surface area contributed by atoms with Crippen LogP contribution in [-0.4, -0.2) is 60.1 Å². The SMILES string of the molecule is CC(C)(C)OC(=O)N1CCC(C(=O)NCC(c2cccs2)N2CCCC2)CC1. The fraction of sp³-hybridized carbons (Fsp3) is 0.714. The molecule has 0 aromatic carbocycles. The number of nitrogens with one attached hydrogen (secondary N) is 1. The number of amides is 2. The summed E-state index contributed by atoms with van der Waals surface area (Å²) in [4.78, 5) is 30.4. The van der Waals surface area contributed by atoms with Gasteiger partial charge in [-0.15, -0.1) is 11.3 Å². The van der Waals surface area contributed by atoms with Gasteiger partial charge in [-0.3, -0.25) is 9.69 Å². The highest BCUT2D eigenvalue weighted by Crippen LogP contribution is 2.28. The zero-order valence-corrected chi connectivity index (χ0v) is 18.1. The molecule has 1 atom stereocenters. The lowest BCUT2D eigenvalue weighted by atomic mass is 9.96. The predicted molar refractivity (Wildman–Crippen MR) is 111 cm³/mol. The van der Waals surface area contributed by atoms with Crippen LogP contribution in [0.2, 0.25) is 0 Å². The Kier molecular flexibility index (Phi) is 6.99. The summed E-state index contributed by atoms with van der Waals surface area (Å²) in [6.45, 7) is 9.63. The van der Waals surface area contributed by atoms with Crippen molar-refractivity contribution in [2.45, 2.75) is 58.1 Å². The van der Waals surface area contributed by atoms with Gasteiger partial charge in [-0.25, -0.2) is 4.79 Å². The number of rotatable bonds is 5. The van der Waals surface area contributed by atoms with Crippen LogP contribution < -0.4 is 5.32 Å². The molecule has 1 aromatic heterocycles. The van der Waals surface area contributed by atoms with Crippen molar-refractivity contribution in [1.29, 1.82) is 0 Å². The van der Waals surface area contributed by atoms with Crippen molar-refractivity contribution in [2.75, 3.05) is 32.7 Å². The molecule has 1 N–H and O–H groups in total. The predicted octanol–water partition coefficient (Wildman–Crippen LogP) is 3.65. The standard InChI is InChI=1S/C21H33N3O3S/c1-21(2,3)27-20(26)24-12-8-16(9-13-24)19(25)22-15-17(18-7-6-14-28-18)23-10-4-5-11-23/h6-7,14,16-17H,4-5,8-13,15H2,1-3H3,(H,22,25). The summed E-state index contributed by atoms with van der Waals surface area (Å²) in [5, 5.41) is 5.30. The van der Waals surface area contributed by atoms with Crippen molar-refractivity contribution < 1.29 is 14.3 Å². The fourth-order valence-electron chi connectivity index (χ4n) is 3.94. The number of carbonyl (C=O) groups is 2. The molecule has 2 aliphatic heterocycles. The van der Waals surface area contributed by atoms with Crippen molar-refractivity contribution in [1.82, 2.24) is 15.1 Å². The minimum Gasteiger partial charge on any atom is -0.444 e. The summed E-state index contributed by atoms with van der Waals surface area (Å²) < 4.78 is 5.43. The molecule has 3 rings (SSSR count). The van der Waals surface area contributed by atoms with Gasteiger partial charge in [0, 0.05) is 30.4 Å². The van der Waals surface area contributed by atoms with Crippen LogP contribution >= 0.6 is 11.3 Å². The van der Waals surface area contributed by atoms with Gasteiger partial charge in [-0.1, -0.05) is 6.07 Å². The molecule has 0 aliphatic carbocycles. The zero-order valence-electron chi connectivity index (χ0n) is 17.3. The summed E-state index contributed by atoms with van der Waals surface area (Å²) in [6, 6.07) is 4.52. The van der Waals surface area contributed by atoms with E-state index in [2.05, 4.69) is 27.7 Å². The van der Waals surface area contributed by atoms with E-state index >= 15 is 0 Å². The van der Waals surface area contributed by atoms with Crippen molar-refractivity contribution in [3.63, 3.8) is 0 Å². The minimum absolute atomic E-state index is 0.0266. The number of likely N-dealkylation sites (tertiary alicyclic amines) is 2. The van der Waals surface area contributed by atoms with Crippen LogP contribution in [0.5, 0.6) is 0 Å². The maximum atomic E-state index is 12.7. The molecule has 7 heteroatoms. The molecule has 0 radical (unpaired) electrons. The second kappa shape index (κ2) is 9.27. The number of nitrogens with zero attached hydrogens (tertiary/aromatic N) is 2. The Morgan fingerprint density at radius 2 is 1.89 bits per heavy atom. The van der Waals surface area contributed by atoms with Gasteiger partial charge >= 0.3 is 6.09 Å². The summed E-state index contributed by atoms with van der Waals surface area (Å²) in [6.07, 6.45) is 3.58. The first-order valence-corrected chi connectivity index (χ1v) is 11.2. The fourth-order valence-corrected chi connectivity index (χ4v) is 4.80. The summed E-state index contributed by atoms with van der Waals surface area (Å²) in [5.41, 5.74) is -0.488. The molecule has 0 bridgehead atoms. The average Bonchev–Trinajstić information content (AvgIpc) is 3.35. The van der Waals surface area contributed by atoms with Crippen molar-refractivity contribution in [3.05, 3.63) is 22.4 Å². The molecule has 2 saturated heterocycles. The molecule has 6 nitrogen and oxygen atoms in total. The maximum Gasteiger partial charge on any atom is 0.410 e. The van der Waals surface area contributed by atoms with E-state index < -0.39 is 5.60 Å². The van der Waals surface area contributed by atoms with Crippen LogP contribution in [0, 0.1) is 5.92 Å². The van der Waals surface area contributed by atoms with Crippen LogP contribution in [0.3, 0.4) is 0 Å². The van der Waals surface area contributed by atoms with Crippen LogP contribution in [-0.2, 0) is 9.53 Å². The molecule has 2 fully saturated rings. The Bertz CT molecular complexity index is 642. The Labute approximate surface area is 172 Å². The molecule has 0 spiro atoms. The van der Waals surface area contributed by atoms with E-state index in [0.29, 0.717) is 32.5 Å². The largest absolute Gasteiger partial charge is 0.444 e. The van der Waals surface area contributed by atoms with Gasteiger partial charge in [0.15, 0.2) is 0 Å². The van der Waals surface area contributed by atoms with E-state index in [1.807, 2.05) is 20.8 Å². The number of piperidine rings is 1. The first-order chi connectivity index (χ1) is 13.3. The lowest BCUT2D eigenvalue weighted by Crippen LogP contribution is -2.46. The van der Waals surface area contributed by atoms with Crippen LogP contribution in [0.4, 0.5) is 4.79 Å². The second-order valence-corrected chi connectivity index (χ2v) is 9.74. The highest BCUT2D eigenvalue weighted by atomic mass is 32.1. The highest BCUT2D eigenvalue weighted by Gasteiger charge is 2.31. The van der Waals surface area contributed by atoms with Gasteiger partial charge in [0.2, 0.25) is 5.91 Å². The minimum atomic E-state index is -0.488. The van der Waals surface area contributed by atoms with Gasteiger partial charge in [0.25, 0.3) is 0 Å². The van der Waals surface area contributed by atoms with Crippen molar-refractivity contribution >= 4 is 23.3 Å². The molecule has 0 saturated carbocycles. The lowest BCUT2D eigenvalue weighted by molar-refractivity contribution is -0.126. The van der Waals surface area contributed by atoms with Crippen molar-refractivity contribution in [2.24, 2.45) is 5.92 Å². The van der Waals surface area contributed by atoms with Gasteiger partial charge < -0.3 is 15.0 Å². The van der Waals surface area contributed by atoms with E-state index in [9.17, 15) is 9.59 Å². The maximum absolute atomic E-state index is 12.7. The first-order valence-electron chi connectivity index (χ1n) is 10.4. The normalized spacial score (nSPS) is 20.2. The number of hydrogen-bond donors (Lipinski definition) is 1. The topological polar surface area (TPSA) is 61.9 Å². The van der Waals surface area contributed by atoms with E-state index in [1.54, 1.807) is 16.2 Å².